The maximum absolute atomic E-state index is 12.5. The van der Waals surface area contributed by atoms with Crippen LogP contribution in [0.5, 0.6) is 11.5 Å². The van der Waals surface area contributed by atoms with E-state index in [0.29, 0.717) is 28.7 Å². The minimum absolute atomic E-state index is 0.175. The van der Waals surface area contributed by atoms with Crippen molar-refractivity contribution in [1.82, 2.24) is 4.98 Å². The molecule has 4 aromatic rings. The first kappa shape index (κ1) is 18.4. The molecule has 0 aliphatic carbocycles. The SMILES string of the molecule is COc1ccccc1OCc1ccc(C(=O)Nc2cccc(-c3cnco3)c2)o1. The molecule has 0 aliphatic heterocycles. The van der Waals surface area contributed by atoms with Gasteiger partial charge in [-0.25, -0.2) is 4.98 Å². The standard InChI is InChI=1S/C22H18N2O5/c1-26-18-7-2-3-8-19(18)27-13-17-9-10-20(29-17)22(25)24-16-6-4-5-15(11-16)21-12-23-14-28-21/h2-12,14H,13H2,1H3,(H,24,25). The van der Waals surface area contributed by atoms with Gasteiger partial charge in [0, 0.05) is 11.3 Å². The number of ether oxygens (including phenoxy) is 2. The van der Waals surface area contributed by atoms with Gasteiger partial charge in [0.15, 0.2) is 29.4 Å². The number of hydrogen-bond acceptors (Lipinski definition) is 6. The maximum atomic E-state index is 12.5. The summed E-state index contributed by atoms with van der Waals surface area (Å²) in [5.74, 6) is 2.20. The van der Waals surface area contributed by atoms with E-state index in [1.54, 1.807) is 43.6 Å². The molecule has 7 heteroatoms. The van der Waals surface area contributed by atoms with Crippen molar-refractivity contribution in [1.29, 1.82) is 0 Å². The van der Waals surface area contributed by atoms with Crippen molar-refractivity contribution in [2.75, 3.05) is 12.4 Å². The summed E-state index contributed by atoms with van der Waals surface area (Å²) < 4.78 is 21.9. The van der Waals surface area contributed by atoms with Crippen molar-refractivity contribution >= 4 is 11.6 Å². The summed E-state index contributed by atoms with van der Waals surface area (Å²) in [5, 5.41) is 2.81. The Morgan fingerprint density at radius 1 is 1.07 bits per heavy atom. The fourth-order valence-corrected chi connectivity index (χ4v) is 2.77. The Morgan fingerprint density at radius 2 is 1.93 bits per heavy atom. The number of furan rings is 1. The van der Waals surface area contributed by atoms with Crippen LogP contribution in [0.2, 0.25) is 0 Å². The number of hydrogen-bond donors (Lipinski definition) is 1. The van der Waals surface area contributed by atoms with Gasteiger partial charge in [0.05, 0.1) is 13.3 Å². The number of carbonyl (C=O) groups excluding carboxylic acids is 1. The molecule has 0 atom stereocenters. The van der Waals surface area contributed by atoms with Crippen molar-refractivity contribution in [2.24, 2.45) is 0 Å². The molecule has 4 rings (SSSR count). The number of benzene rings is 2. The number of nitrogens with one attached hydrogen (secondary N) is 1. The monoisotopic (exact) mass is 390 g/mol. The topological polar surface area (TPSA) is 86.7 Å². The molecule has 0 bridgehead atoms. The van der Waals surface area contributed by atoms with E-state index in [-0.39, 0.29) is 18.3 Å². The van der Waals surface area contributed by atoms with Crippen LogP contribution >= 0.6 is 0 Å². The molecule has 0 unspecified atom stereocenters. The third kappa shape index (κ3) is 4.30. The highest BCUT2D eigenvalue weighted by Crippen LogP contribution is 2.27. The van der Waals surface area contributed by atoms with Crippen LogP contribution in [-0.2, 0) is 6.61 Å². The molecule has 0 saturated carbocycles. The Balaban J connectivity index is 1.40. The van der Waals surface area contributed by atoms with Gasteiger partial charge in [0.25, 0.3) is 5.91 Å². The second-order valence-electron chi connectivity index (χ2n) is 6.11. The van der Waals surface area contributed by atoms with Crippen LogP contribution in [0, 0.1) is 0 Å². The van der Waals surface area contributed by atoms with Gasteiger partial charge in [-0.15, -0.1) is 0 Å². The van der Waals surface area contributed by atoms with E-state index < -0.39 is 0 Å². The van der Waals surface area contributed by atoms with E-state index in [9.17, 15) is 4.79 Å². The molecule has 29 heavy (non-hydrogen) atoms. The molecule has 146 valence electrons. The van der Waals surface area contributed by atoms with E-state index in [2.05, 4.69) is 10.3 Å². The van der Waals surface area contributed by atoms with E-state index in [1.807, 2.05) is 30.3 Å². The molecule has 1 amide bonds. The predicted molar refractivity (Wildman–Crippen MR) is 106 cm³/mol. The lowest BCUT2D eigenvalue weighted by Crippen LogP contribution is -2.10. The van der Waals surface area contributed by atoms with Gasteiger partial charge in [-0.2, -0.15) is 0 Å². The highest BCUT2D eigenvalue weighted by Gasteiger charge is 2.13. The molecule has 0 fully saturated rings. The predicted octanol–water partition coefficient (Wildman–Crippen LogP) is 4.77. The second kappa shape index (κ2) is 8.35. The summed E-state index contributed by atoms with van der Waals surface area (Å²) in [6, 6.07) is 17.9. The molecular weight excluding hydrogens is 372 g/mol. The van der Waals surface area contributed by atoms with Gasteiger partial charge in [-0.1, -0.05) is 24.3 Å². The minimum Gasteiger partial charge on any atom is -0.493 e. The first-order valence-corrected chi connectivity index (χ1v) is 8.88. The van der Waals surface area contributed by atoms with Crippen LogP contribution in [0.4, 0.5) is 5.69 Å². The number of oxazole rings is 1. The number of nitrogens with zero attached hydrogens (tertiary/aromatic N) is 1. The molecule has 2 aromatic carbocycles. The van der Waals surface area contributed by atoms with E-state index >= 15 is 0 Å². The number of aromatic nitrogens is 1. The molecule has 7 nitrogen and oxygen atoms in total. The summed E-state index contributed by atoms with van der Waals surface area (Å²) in [5.41, 5.74) is 1.43. The van der Waals surface area contributed by atoms with Gasteiger partial charge in [0.2, 0.25) is 0 Å². The number of rotatable bonds is 7. The summed E-state index contributed by atoms with van der Waals surface area (Å²) in [7, 11) is 1.58. The first-order valence-electron chi connectivity index (χ1n) is 8.88. The fraction of sp³-hybridized carbons (Fsp3) is 0.0909. The Kier molecular flexibility index (Phi) is 5.29. The number of methoxy groups -OCH3 is 1. The normalized spacial score (nSPS) is 10.5. The number of carbonyl (C=O) groups is 1. The van der Waals surface area contributed by atoms with Crippen molar-refractivity contribution in [3.63, 3.8) is 0 Å². The van der Waals surface area contributed by atoms with Gasteiger partial charge in [0.1, 0.15) is 12.4 Å². The molecule has 1 N–H and O–H groups in total. The summed E-state index contributed by atoms with van der Waals surface area (Å²) in [6.07, 6.45) is 2.97. The Labute approximate surface area is 166 Å². The zero-order chi connectivity index (χ0) is 20.1. The van der Waals surface area contributed by atoms with Gasteiger partial charge < -0.3 is 23.6 Å². The molecular formula is C22H18N2O5. The quantitative estimate of drug-likeness (QED) is 0.489. The number of para-hydroxylation sites is 2. The highest BCUT2D eigenvalue weighted by molar-refractivity contribution is 6.02. The minimum atomic E-state index is -0.358. The summed E-state index contributed by atoms with van der Waals surface area (Å²) >= 11 is 0. The zero-order valence-electron chi connectivity index (χ0n) is 15.6. The van der Waals surface area contributed by atoms with Gasteiger partial charge in [-0.3, -0.25) is 4.79 Å². The van der Waals surface area contributed by atoms with Gasteiger partial charge in [-0.05, 0) is 36.4 Å². The third-order valence-corrected chi connectivity index (χ3v) is 4.16. The smallest absolute Gasteiger partial charge is 0.291 e. The number of anilines is 1. The average Bonchev–Trinajstić information content (AvgIpc) is 3.45. The van der Waals surface area contributed by atoms with Crippen molar-refractivity contribution in [3.05, 3.63) is 84.8 Å². The lowest BCUT2D eigenvalue weighted by molar-refractivity contribution is 0.0992. The van der Waals surface area contributed by atoms with Crippen molar-refractivity contribution in [3.8, 4) is 22.8 Å². The van der Waals surface area contributed by atoms with Crippen LogP contribution in [0.15, 0.2) is 82.1 Å². The molecule has 2 aromatic heterocycles. The third-order valence-electron chi connectivity index (χ3n) is 4.16. The fourth-order valence-electron chi connectivity index (χ4n) is 2.77. The van der Waals surface area contributed by atoms with Crippen molar-refractivity contribution < 1.29 is 23.1 Å². The highest BCUT2D eigenvalue weighted by atomic mass is 16.5. The van der Waals surface area contributed by atoms with Gasteiger partial charge >= 0.3 is 0 Å². The second-order valence-corrected chi connectivity index (χ2v) is 6.11. The van der Waals surface area contributed by atoms with Crippen molar-refractivity contribution in [2.45, 2.75) is 6.61 Å². The lowest BCUT2D eigenvalue weighted by Gasteiger charge is -2.08. The molecule has 2 heterocycles. The van der Waals surface area contributed by atoms with E-state index in [1.165, 1.54) is 6.39 Å². The van der Waals surface area contributed by atoms with E-state index in [4.69, 9.17) is 18.3 Å². The Hall–Kier alpha value is -4.00. The Bertz CT molecular complexity index is 1100. The summed E-state index contributed by atoms with van der Waals surface area (Å²) in [6.45, 7) is 0.175. The summed E-state index contributed by atoms with van der Waals surface area (Å²) in [4.78, 5) is 16.4. The zero-order valence-corrected chi connectivity index (χ0v) is 15.6. The average molecular weight is 390 g/mol. The largest absolute Gasteiger partial charge is 0.493 e. The van der Waals surface area contributed by atoms with Crippen LogP contribution in [0.1, 0.15) is 16.3 Å². The molecule has 0 saturated heterocycles. The van der Waals surface area contributed by atoms with Crippen LogP contribution in [0.25, 0.3) is 11.3 Å². The van der Waals surface area contributed by atoms with Crippen LogP contribution in [-0.4, -0.2) is 18.0 Å². The van der Waals surface area contributed by atoms with Crippen LogP contribution < -0.4 is 14.8 Å². The Morgan fingerprint density at radius 3 is 2.72 bits per heavy atom. The molecule has 0 radical (unpaired) electrons. The van der Waals surface area contributed by atoms with Crippen LogP contribution in [0.3, 0.4) is 0 Å². The maximum Gasteiger partial charge on any atom is 0.291 e. The lowest BCUT2D eigenvalue weighted by atomic mass is 10.1. The first-order chi connectivity index (χ1) is 14.2. The number of amides is 1. The van der Waals surface area contributed by atoms with E-state index in [0.717, 1.165) is 5.56 Å². The molecule has 0 spiro atoms. The molecule has 0 aliphatic rings.